The molecule has 8 nitrogen and oxygen atoms in total. The molecule has 0 aliphatic heterocycles. The van der Waals surface area contributed by atoms with Gasteiger partial charge >= 0.3 is 0 Å². The molecule has 1 aliphatic rings. The number of hydrogen-bond acceptors (Lipinski definition) is 5. The molecule has 238 valence electrons. The molecule has 1 saturated carbocycles. The molecule has 4 rings (SSSR count). The Morgan fingerprint density at radius 2 is 1.40 bits per heavy atom. The molecule has 1 aliphatic carbocycles. The Hall–Kier alpha value is -4.27. The lowest BCUT2D eigenvalue weighted by molar-refractivity contribution is -0.146. The SMILES string of the molecule is C[C@@H](O)CNC(=O)[C@@H](Cc1ccccc1)N(C)C(=O)[C@@H](Cc1ccc(-c2ccccc2)cc1)N(C)C(=O)/C=C/CC1(N)CCC1. The minimum atomic E-state index is -0.867. The number of aliphatic hydroxyl groups excluding tert-OH is 1. The first-order chi connectivity index (χ1) is 21.6. The topological polar surface area (TPSA) is 116 Å². The van der Waals surface area contributed by atoms with Crippen LogP contribution in [0.5, 0.6) is 0 Å². The molecule has 0 heterocycles. The summed E-state index contributed by atoms with van der Waals surface area (Å²) in [6.07, 6.45) is 6.70. The minimum Gasteiger partial charge on any atom is -0.392 e. The summed E-state index contributed by atoms with van der Waals surface area (Å²) in [4.78, 5) is 44.0. The largest absolute Gasteiger partial charge is 0.392 e. The number of rotatable bonds is 14. The lowest BCUT2D eigenvalue weighted by Crippen LogP contribution is -2.56. The summed E-state index contributed by atoms with van der Waals surface area (Å²) in [5.41, 5.74) is 10.0. The van der Waals surface area contributed by atoms with E-state index < -0.39 is 18.2 Å². The number of hydrogen-bond donors (Lipinski definition) is 3. The smallest absolute Gasteiger partial charge is 0.246 e. The van der Waals surface area contributed by atoms with Gasteiger partial charge < -0.3 is 26.0 Å². The fourth-order valence-corrected chi connectivity index (χ4v) is 5.58. The second kappa shape index (κ2) is 15.6. The Bertz CT molecular complexity index is 1440. The van der Waals surface area contributed by atoms with Crippen LogP contribution >= 0.6 is 0 Å². The minimum absolute atomic E-state index is 0.0646. The highest BCUT2D eigenvalue weighted by Crippen LogP contribution is 2.32. The van der Waals surface area contributed by atoms with Crippen LogP contribution in [0.2, 0.25) is 0 Å². The first kappa shape index (κ1) is 33.6. The summed E-state index contributed by atoms with van der Waals surface area (Å²) < 4.78 is 0. The molecule has 1 fully saturated rings. The van der Waals surface area contributed by atoms with Crippen molar-refractivity contribution in [3.8, 4) is 11.1 Å². The van der Waals surface area contributed by atoms with Gasteiger partial charge in [-0.15, -0.1) is 0 Å². The molecule has 45 heavy (non-hydrogen) atoms. The molecule has 0 saturated heterocycles. The zero-order valence-electron chi connectivity index (χ0n) is 26.6. The number of likely N-dealkylation sites (N-methyl/N-ethyl adjacent to an activating group) is 2. The van der Waals surface area contributed by atoms with Gasteiger partial charge in [-0.2, -0.15) is 0 Å². The normalized spacial score (nSPS) is 15.8. The molecular weight excluding hydrogens is 564 g/mol. The predicted molar refractivity (Wildman–Crippen MR) is 178 cm³/mol. The first-order valence-corrected chi connectivity index (χ1v) is 15.7. The van der Waals surface area contributed by atoms with E-state index in [1.807, 2.05) is 84.9 Å². The van der Waals surface area contributed by atoms with Gasteiger partial charge in [0.1, 0.15) is 12.1 Å². The number of nitrogens with one attached hydrogen (secondary N) is 1. The second-order valence-electron chi connectivity index (χ2n) is 12.3. The van der Waals surface area contributed by atoms with E-state index in [0.717, 1.165) is 41.5 Å². The summed E-state index contributed by atoms with van der Waals surface area (Å²) in [6.45, 7) is 1.65. The van der Waals surface area contributed by atoms with Crippen LogP contribution in [0.4, 0.5) is 0 Å². The van der Waals surface area contributed by atoms with E-state index >= 15 is 0 Å². The van der Waals surface area contributed by atoms with Gasteiger partial charge in [-0.1, -0.05) is 91.0 Å². The van der Waals surface area contributed by atoms with Crippen molar-refractivity contribution in [3.05, 3.63) is 108 Å². The predicted octanol–water partition coefficient (Wildman–Crippen LogP) is 4.12. The van der Waals surface area contributed by atoms with Crippen molar-refractivity contribution in [1.29, 1.82) is 0 Å². The third-order valence-corrected chi connectivity index (χ3v) is 8.69. The molecule has 4 N–H and O–H groups in total. The van der Waals surface area contributed by atoms with Crippen molar-refractivity contribution in [2.45, 2.75) is 69.2 Å². The van der Waals surface area contributed by atoms with E-state index in [1.165, 1.54) is 15.9 Å². The zero-order valence-corrected chi connectivity index (χ0v) is 26.6. The van der Waals surface area contributed by atoms with Gasteiger partial charge in [-0.25, -0.2) is 0 Å². The van der Waals surface area contributed by atoms with Crippen molar-refractivity contribution in [1.82, 2.24) is 15.1 Å². The Balaban J connectivity index is 1.59. The van der Waals surface area contributed by atoms with E-state index in [-0.39, 0.29) is 42.6 Å². The number of benzene rings is 3. The molecule has 0 aromatic heterocycles. The van der Waals surface area contributed by atoms with Gasteiger partial charge in [0.05, 0.1) is 6.10 Å². The van der Waals surface area contributed by atoms with Crippen molar-refractivity contribution >= 4 is 17.7 Å². The number of carbonyl (C=O) groups excluding carboxylic acids is 3. The van der Waals surface area contributed by atoms with Gasteiger partial charge in [0.15, 0.2) is 0 Å². The molecular formula is C37H46N4O4. The number of carbonyl (C=O) groups is 3. The van der Waals surface area contributed by atoms with Gasteiger partial charge in [0.25, 0.3) is 0 Å². The van der Waals surface area contributed by atoms with Crippen LogP contribution in [0, 0.1) is 0 Å². The maximum atomic E-state index is 14.3. The fraction of sp³-hybridized carbons (Fsp3) is 0.378. The molecule has 3 aromatic carbocycles. The van der Waals surface area contributed by atoms with Crippen LogP contribution in [0.3, 0.4) is 0 Å². The summed E-state index contributed by atoms with van der Waals surface area (Å²) in [6, 6.07) is 25.8. The quantitative estimate of drug-likeness (QED) is 0.238. The third kappa shape index (κ3) is 9.36. The Morgan fingerprint density at radius 3 is 1.98 bits per heavy atom. The van der Waals surface area contributed by atoms with E-state index in [4.69, 9.17) is 5.73 Å². The highest BCUT2D eigenvalue weighted by atomic mass is 16.3. The third-order valence-electron chi connectivity index (χ3n) is 8.69. The van der Waals surface area contributed by atoms with Crippen LogP contribution in [0.25, 0.3) is 11.1 Å². The van der Waals surface area contributed by atoms with E-state index in [2.05, 4.69) is 5.32 Å². The average Bonchev–Trinajstić information content (AvgIpc) is 3.04. The number of amides is 3. The maximum absolute atomic E-state index is 14.3. The first-order valence-electron chi connectivity index (χ1n) is 15.7. The van der Waals surface area contributed by atoms with Crippen molar-refractivity contribution in [2.24, 2.45) is 5.73 Å². The summed E-state index contributed by atoms with van der Waals surface area (Å²) >= 11 is 0. The monoisotopic (exact) mass is 610 g/mol. The number of aliphatic hydroxyl groups is 1. The van der Waals surface area contributed by atoms with Crippen molar-refractivity contribution in [3.63, 3.8) is 0 Å². The maximum Gasteiger partial charge on any atom is 0.246 e. The zero-order chi connectivity index (χ0) is 32.4. The summed E-state index contributed by atoms with van der Waals surface area (Å²) in [5, 5.41) is 12.6. The average molecular weight is 611 g/mol. The molecule has 0 radical (unpaired) electrons. The van der Waals surface area contributed by atoms with Crippen molar-refractivity contribution < 1.29 is 19.5 Å². The summed E-state index contributed by atoms with van der Waals surface area (Å²) in [7, 11) is 3.23. The lowest BCUT2D eigenvalue weighted by Gasteiger charge is -2.37. The standard InChI is InChI=1S/C37H46N4O4/c1-27(42)26-39-35(44)32(24-28-12-6-4-7-13-28)41(3)36(45)33(40(2)34(43)16-10-21-37(38)22-11-23-37)25-29-17-19-31(20-18-29)30-14-8-5-9-15-30/h4-10,12-20,27,32-33,42H,11,21-26,38H2,1-3H3,(H,39,44)/b16-10+/t27-,32-,33-/m1/s1. The van der Waals surface area contributed by atoms with Crippen molar-refractivity contribution in [2.75, 3.05) is 20.6 Å². The van der Waals surface area contributed by atoms with E-state index in [1.54, 1.807) is 27.1 Å². The van der Waals surface area contributed by atoms with Crippen LogP contribution < -0.4 is 11.1 Å². The fourth-order valence-electron chi connectivity index (χ4n) is 5.58. The molecule has 3 amide bonds. The Kier molecular flexibility index (Phi) is 11.7. The van der Waals surface area contributed by atoms with Gasteiger partial charge in [-0.3, -0.25) is 14.4 Å². The van der Waals surface area contributed by atoms with Crippen LogP contribution in [-0.2, 0) is 27.2 Å². The second-order valence-corrected chi connectivity index (χ2v) is 12.3. The van der Waals surface area contributed by atoms with Gasteiger partial charge in [-0.05, 0) is 60.9 Å². The highest BCUT2D eigenvalue weighted by molar-refractivity contribution is 5.95. The number of nitrogens with two attached hydrogens (primary N) is 1. The molecule has 0 unspecified atom stereocenters. The van der Waals surface area contributed by atoms with Gasteiger partial charge in [0.2, 0.25) is 17.7 Å². The van der Waals surface area contributed by atoms with E-state index in [9.17, 15) is 19.5 Å². The van der Waals surface area contributed by atoms with Crippen LogP contribution in [-0.4, -0.2) is 77.0 Å². The van der Waals surface area contributed by atoms with E-state index in [0.29, 0.717) is 6.42 Å². The Labute approximate surface area is 266 Å². The number of nitrogens with zero attached hydrogens (tertiary/aromatic N) is 2. The molecule has 0 bridgehead atoms. The van der Waals surface area contributed by atoms with Crippen LogP contribution in [0.1, 0.15) is 43.7 Å². The molecule has 8 heteroatoms. The molecule has 3 aromatic rings. The van der Waals surface area contributed by atoms with Gasteiger partial charge in [0, 0.05) is 39.0 Å². The highest BCUT2D eigenvalue weighted by Gasteiger charge is 2.35. The molecule has 3 atom stereocenters. The van der Waals surface area contributed by atoms with Crippen LogP contribution in [0.15, 0.2) is 97.1 Å². The Morgan fingerprint density at radius 1 is 0.844 bits per heavy atom. The summed E-state index contributed by atoms with van der Waals surface area (Å²) in [5.74, 6) is -1.03. The molecule has 0 spiro atoms. The lowest BCUT2D eigenvalue weighted by atomic mass is 9.75.